The summed E-state index contributed by atoms with van der Waals surface area (Å²) >= 11 is 0. The first-order chi connectivity index (χ1) is 16.0. The summed E-state index contributed by atoms with van der Waals surface area (Å²) in [7, 11) is 0. The maximum atomic E-state index is 14.8. The van der Waals surface area contributed by atoms with Crippen molar-refractivity contribution in [2.45, 2.75) is 46.8 Å². The maximum Gasteiger partial charge on any atom is 0.414 e. The molecule has 2 heterocycles. The van der Waals surface area contributed by atoms with Gasteiger partial charge < -0.3 is 9.84 Å². The molecule has 2 aliphatic heterocycles. The van der Waals surface area contributed by atoms with E-state index in [1.54, 1.807) is 0 Å². The highest BCUT2D eigenvalue weighted by atomic mass is 19.1. The van der Waals surface area contributed by atoms with Crippen LogP contribution in [0.4, 0.5) is 19.3 Å². The lowest BCUT2D eigenvalue weighted by atomic mass is 9.97. The molecule has 0 spiro atoms. The molecule has 0 bridgehead atoms. The molecule has 180 valence electrons. The molecule has 33 heavy (non-hydrogen) atoms. The van der Waals surface area contributed by atoms with Gasteiger partial charge in [0.05, 0.1) is 18.8 Å². The molecule has 1 amide bonds. The van der Waals surface area contributed by atoms with Gasteiger partial charge in [0.1, 0.15) is 17.7 Å². The Morgan fingerprint density at radius 2 is 1.70 bits per heavy atom. The number of anilines is 1. The number of carbonyl (C=O) groups is 1. The van der Waals surface area contributed by atoms with Crippen molar-refractivity contribution in [2.24, 2.45) is 0 Å². The second kappa shape index (κ2) is 13.1. The number of hydrogen-bond acceptors (Lipinski definition) is 4. The second-order valence-corrected chi connectivity index (χ2v) is 7.28. The lowest BCUT2D eigenvalue weighted by Gasteiger charge is -2.27. The van der Waals surface area contributed by atoms with Crippen LogP contribution in [0.15, 0.2) is 48.5 Å². The Balaban J connectivity index is 0.000000914. The number of benzene rings is 2. The van der Waals surface area contributed by atoms with Crippen LogP contribution in [0.5, 0.6) is 0 Å². The summed E-state index contributed by atoms with van der Waals surface area (Å²) in [5, 5.41) is 9.12. The molecule has 0 radical (unpaired) electrons. The third-order valence-corrected chi connectivity index (χ3v) is 5.28. The fourth-order valence-electron chi connectivity index (χ4n) is 3.77. The van der Waals surface area contributed by atoms with Crippen molar-refractivity contribution in [3.05, 3.63) is 71.3 Å². The molecule has 0 aromatic heterocycles. The standard InChI is InChI=1S/C22H22F2N2O3.2C2H6/c23-19-10-17(26-13-18(14-27)29-22(26)28)11-20(24)21(19)16-6-8-25(9-7-16)12-15-4-2-1-3-5-15;2*1-2/h1-6,10-11,18,27H,7-9,12-14H2;2*1-2H3. The zero-order valence-electron chi connectivity index (χ0n) is 19.9. The van der Waals surface area contributed by atoms with Gasteiger partial charge in [-0.3, -0.25) is 9.80 Å². The molecular formula is C26H34F2N2O3. The summed E-state index contributed by atoms with van der Waals surface area (Å²) in [4.78, 5) is 15.2. The average Bonchev–Trinajstić information content (AvgIpc) is 3.24. The minimum atomic E-state index is -0.718. The Morgan fingerprint density at radius 1 is 1.06 bits per heavy atom. The van der Waals surface area contributed by atoms with E-state index in [0.717, 1.165) is 23.6 Å². The monoisotopic (exact) mass is 460 g/mol. The first kappa shape index (κ1) is 26.5. The van der Waals surface area contributed by atoms with Crippen LogP contribution in [-0.2, 0) is 11.3 Å². The van der Waals surface area contributed by atoms with Crippen LogP contribution in [0.1, 0.15) is 45.2 Å². The Morgan fingerprint density at radius 3 is 2.21 bits per heavy atom. The fraction of sp³-hybridized carbons (Fsp3) is 0.423. The van der Waals surface area contributed by atoms with Crippen LogP contribution < -0.4 is 4.90 Å². The second-order valence-electron chi connectivity index (χ2n) is 7.28. The van der Waals surface area contributed by atoms with Gasteiger partial charge in [-0.1, -0.05) is 64.1 Å². The first-order valence-corrected chi connectivity index (χ1v) is 11.6. The minimum absolute atomic E-state index is 0.0422. The van der Waals surface area contributed by atoms with Gasteiger partial charge >= 0.3 is 6.09 Å². The van der Waals surface area contributed by atoms with Crippen molar-refractivity contribution in [1.29, 1.82) is 0 Å². The molecule has 2 aliphatic rings. The highest BCUT2D eigenvalue weighted by Crippen LogP contribution is 2.32. The van der Waals surface area contributed by atoms with Crippen molar-refractivity contribution in [3.8, 4) is 0 Å². The summed E-state index contributed by atoms with van der Waals surface area (Å²) < 4.78 is 34.5. The van der Waals surface area contributed by atoms with Gasteiger partial charge in [0.15, 0.2) is 0 Å². The number of carbonyl (C=O) groups excluding carboxylic acids is 1. The number of ether oxygens (including phenoxy) is 1. The van der Waals surface area contributed by atoms with Gasteiger partial charge in [-0.05, 0) is 29.7 Å². The predicted octanol–water partition coefficient (Wildman–Crippen LogP) is 5.62. The molecule has 1 atom stereocenters. The number of amides is 1. The molecule has 1 fully saturated rings. The number of aliphatic hydroxyl groups excluding tert-OH is 1. The third-order valence-electron chi connectivity index (χ3n) is 5.28. The summed E-state index contributed by atoms with van der Waals surface area (Å²) in [6, 6.07) is 12.4. The molecule has 1 N–H and O–H groups in total. The van der Waals surface area contributed by atoms with Crippen molar-refractivity contribution >= 4 is 17.4 Å². The van der Waals surface area contributed by atoms with Crippen LogP contribution in [0.3, 0.4) is 0 Å². The van der Waals surface area contributed by atoms with E-state index in [2.05, 4.69) is 17.0 Å². The first-order valence-electron chi connectivity index (χ1n) is 11.6. The van der Waals surface area contributed by atoms with Crippen LogP contribution >= 0.6 is 0 Å². The minimum Gasteiger partial charge on any atom is -0.441 e. The maximum absolute atomic E-state index is 14.8. The zero-order valence-corrected chi connectivity index (χ0v) is 19.9. The lowest BCUT2D eigenvalue weighted by Crippen LogP contribution is -2.28. The van der Waals surface area contributed by atoms with E-state index in [4.69, 9.17) is 9.84 Å². The molecular weight excluding hydrogens is 426 g/mol. The Labute approximate surface area is 195 Å². The van der Waals surface area contributed by atoms with E-state index in [9.17, 15) is 13.6 Å². The van der Waals surface area contributed by atoms with Crippen molar-refractivity contribution in [2.75, 3.05) is 31.1 Å². The van der Waals surface area contributed by atoms with E-state index in [1.807, 2.05) is 52.0 Å². The van der Waals surface area contributed by atoms with E-state index in [1.165, 1.54) is 5.56 Å². The van der Waals surface area contributed by atoms with Gasteiger partial charge in [-0.15, -0.1) is 0 Å². The van der Waals surface area contributed by atoms with Gasteiger partial charge in [0, 0.05) is 25.2 Å². The molecule has 0 aliphatic carbocycles. The lowest BCUT2D eigenvalue weighted by molar-refractivity contribution is 0.0963. The predicted molar refractivity (Wildman–Crippen MR) is 128 cm³/mol. The number of halogens is 2. The van der Waals surface area contributed by atoms with Gasteiger partial charge in [0.2, 0.25) is 0 Å². The van der Waals surface area contributed by atoms with Crippen molar-refractivity contribution in [3.63, 3.8) is 0 Å². The summed E-state index contributed by atoms with van der Waals surface area (Å²) in [5.74, 6) is -1.41. The van der Waals surface area contributed by atoms with Crippen molar-refractivity contribution in [1.82, 2.24) is 4.90 Å². The Kier molecular flexibility index (Phi) is 10.5. The van der Waals surface area contributed by atoms with Crippen LogP contribution in [0.2, 0.25) is 0 Å². The van der Waals surface area contributed by atoms with E-state index in [-0.39, 0.29) is 24.4 Å². The molecule has 2 aromatic carbocycles. The van der Waals surface area contributed by atoms with Crippen LogP contribution in [-0.4, -0.2) is 48.4 Å². The molecule has 5 nitrogen and oxygen atoms in total. The topological polar surface area (TPSA) is 53.0 Å². The molecule has 7 heteroatoms. The largest absolute Gasteiger partial charge is 0.441 e. The zero-order chi connectivity index (χ0) is 24.4. The van der Waals surface area contributed by atoms with Crippen LogP contribution in [0.25, 0.3) is 5.57 Å². The molecule has 0 saturated carbocycles. The number of nitrogens with zero attached hydrogens (tertiary/aromatic N) is 2. The number of cyclic esters (lactones) is 1. The number of hydrogen-bond donors (Lipinski definition) is 1. The summed E-state index contributed by atoms with van der Waals surface area (Å²) in [6.07, 6.45) is 0.992. The fourth-order valence-corrected chi connectivity index (χ4v) is 3.77. The van der Waals surface area contributed by atoms with Crippen LogP contribution in [0, 0.1) is 11.6 Å². The molecule has 1 unspecified atom stereocenters. The number of rotatable bonds is 5. The highest BCUT2D eigenvalue weighted by Gasteiger charge is 2.33. The quantitative estimate of drug-likeness (QED) is 0.629. The summed E-state index contributed by atoms with van der Waals surface area (Å²) in [5.41, 5.74) is 1.88. The molecule has 1 saturated heterocycles. The highest BCUT2D eigenvalue weighted by molar-refractivity contribution is 5.90. The van der Waals surface area contributed by atoms with E-state index in [0.29, 0.717) is 25.1 Å². The Bertz CT molecular complexity index is 911. The van der Waals surface area contributed by atoms with Crippen molar-refractivity contribution < 1.29 is 23.4 Å². The Hall–Kier alpha value is -2.77. The van der Waals surface area contributed by atoms with Gasteiger partial charge in [0.25, 0.3) is 0 Å². The smallest absolute Gasteiger partial charge is 0.414 e. The average molecular weight is 461 g/mol. The van der Waals surface area contributed by atoms with E-state index >= 15 is 0 Å². The molecule has 4 rings (SSSR count). The molecule has 2 aromatic rings. The summed E-state index contributed by atoms with van der Waals surface area (Å²) in [6.45, 7) is 9.83. The number of aliphatic hydroxyl groups is 1. The SMILES string of the molecule is CC.CC.O=C1OC(CO)CN1c1cc(F)c(C2=CCN(Cc3ccccc3)CC2)c(F)c1. The third kappa shape index (κ3) is 6.62. The van der Waals surface area contributed by atoms with E-state index < -0.39 is 23.8 Å². The van der Waals surface area contributed by atoms with Gasteiger partial charge in [-0.2, -0.15) is 0 Å². The normalized spacial score (nSPS) is 17.9. The van der Waals surface area contributed by atoms with Gasteiger partial charge in [-0.25, -0.2) is 13.6 Å².